The van der Waals surface area contributed by atoms with Crippen molar-refractivity contribution < 1.29 is 19.4 Å². The Morgan fingerprint density at radius 3 is 2.95 bits per heavy atom. The maximum Gasteiger partial charge on any atom is 0.329 e. The van der Waals surface area contributed by atoms with Crippen LogP contribution in [0.1, 0.15) is 29.3 Å². The molecule has 1 aromatic heterocycles. The summed E-state index contributed by atoms with van der Waals surface area (Å²) in [5.41, 5.74) is 1.58. The van der Waals surface area contributed by atoms with Gasteiger partial charge in [-0.05, 0) is 30.7 Å². The van der Waals surface area contributed by atoms with Gasteiger partial charge in [0.2, 0.25) is 0 Å². The molecule has 1 heterocycles. The molecule has 0 saturated carbocycles. The van der Waals surface area contributed by atoms with E-state index in [-0.39, 0.29) is 6.61 Å². The molecule has 0 aliphatic heterocycles. The van der Waals surface area contributed by atoms with Crippen LogP contribution in [0.15, 0.2) is 0 Å². The first-order valence-electron chi connectivity index (χ1n) is 6.65. The van der Waals surface area contributed by atoms with Crippen molar-refractivity contribution in [3.05, 3.63) is 16.0 Å². The fourth-order valence-electron chi connectivity index (χ4n) is 2.35. The van der Waals surface area contributed by atoms with Crippen LogP contribution in [-0.2, 0) is 27.2 Å². The van der Waals surface area contributed by atoms with Gasteiger partial charge in [-0.1, -0.05) is 6.92 Å². The third-order valence-electron chi connectivity index (χ3n) is 3.34. The molecule has 0 aromatic carbocycles. The zero-order valence-corrected chi connectivity index (χ0v) is 12.5. The number of carbonyl (C=O) groups excluding carboxylic acids is 1. The summed E-state index contributed by atoms with van der Waals surface area (Å²) < 4.78 is 4.73. The van der Waals surface area contributed by atoms with Gasteiger partial charge in [-0.25, -0.2) is 4.79 Å². The van der Waals surface area contributed by atoms with Crippen LogP contribution in [0, 0.1) is 17.2 Å². The number of amides is 1. The number of hydrogen-bond acceptors (Lipinski definition) is 5. The van der Waals surface area contributed by atoms with Crippen molar-refractivity contribution in [2.45, 2.75) is 26.2 Å². The minimum absolute atomic E-state index is 0.337. The van der Waals surface area contributed by atoms with E-state index in [1.165, 1.54) is 11.3 Å². The van der Waals surface area contributed by atoms with Gasteiger partial charge in [0.05, 0.1) is 5.56 Å². The van der Waals surface area contributed by atoms with E-state index < -0.39 is 18.5 Å². The van der Waals surface area contributed by atoms with E-state index in [2.05, 4.69) is 18.3 Å². The second-order valence-electron chi connectivity index (χ2n) is 5.10. The molecule has 1 aliphatic rings. The molecule has 1 unspecified atom stereocenters. The number of rotatable bonds is 5. The molecule has 2 rings (SSSR count). The number of carbonyl (C=O) groups is 2. The summed E-state index contributed by atoms with van der Waals surface area (Å²) in [6.45, 7) is 1.32. The first kappa shape index (κ1) is 15.5. The number of hydrogen-bond donors (Lipinski definition) is 2. The average Bonchev–Trinajstić information content (AvgIpc) is 2.74. The van der Waals surface area contributed by atoms with E-state index in [0.717, 1.165) is 29.7 Å². The fraction of sp³-hybridized carbons (Fsp3) is 0.500. The lowest BCUT2D eigenvalue weighted by Gasteiger charge is -2.17. The number of fused-ring (bicyclic) bond motifs is 1. The number of nitriles is 1. The van der Waals surface area contributed by atoms with E-state index in [1.807, 2.05) is 0 Å². The van der Waals surface area contributed by atoms with Gasteiger partial charge in [-0.15, -0.1) is 11.3 Å². The lowest BCUT2D eigenvalue weighted by molar-refractivity contribution is -0.143. The van der Waals surface area contributed by atoms with Crippen molar-refractivity contribution >= 4 is 28.2 Å². The Morgan fingerprint density at radius 1 is 1.52 bits per heavy atom. The highest BCUT2D eigenvalue weighted by Gasteiger charge is 2.24. The normalized spacial score (nSPS) is 16.9. The Hall–Kier alpha value is -1.91. The molecule has 1 aliphatic carbocycles. The molecule has 0 bridgehead atoms. The van der Waals surface area contributed by atoms with Crippen LogP contribution in [0.5, 0.6) is 0 Å². The zero-order chi connectivity index (χ0) is 15.4. The molecule has 1 aromatic rings. The lowest BCUT2D eigenvalue weighted by atomic mass is 9.89. The molecule has 6 nitrogen and oxygen atoms in total. The summed E-state index contributed by atoms with van der Waals surface area (Å²) >= 11 is 1.43. The number of carboxylic acid groups (broad SMARTS) is 1. The number of nitrogens with one attached hydrogen (secondary N) is 1. The summed E-state index contributed by atoms with van der Waals surface area (Å²) in [5.74, 6) is -0.981. The van der Waals surface area contributed by atoms with E-state index in [9.17, 15) is 14.9 Å². The molecule has 21 heavy (non-hydrogen) atoms. The molecular formula is C14H16N2O4S. The van der Waals surface area contributed by atoms with Crippen LogP contribution in [0.25, 0.3) is 0 Å². The topological polar surface area (TPSA) is 99.4 Å². The van der Waals surface area contributed by atoms with Gasteiger partial charge < -0.3 is 15.2 Å². The average molecular weight is 308 g/mol. The summed E-state index contributed by atoms with van der Waals surface area (Å²) in [6.07, 6.45) is 2.84. The maximum atomic E-state index is 11.7. The van der Waals surface area contributed by atoms with Gasteiger partial charge in [0.1, 0.15) is 24.3 Å². The van der Waals surface area contributed by atoms with Gasteiger partial charge in [-0.2, -0.15) is 5.26 Å². The van der Waals surface area contributed by atoms with Gasteiger partial charge in [0.15, 0.2) is 0 Å². The second kappa shape index (κ2) is 6.70. The van der Waals surface area contributed by atoms with Crippen LogP contribution in [0.4, 0.5) is 5.00 Å². The summed E-state index contributed by atoms with van der Waals surface area (Å²) in [6, 6.07) is 2.16. The molecule has 112 valence electrons. The van der Waals surface area contributed by atoms with E-state index in [1.54, 1.807) is 0 Å². The first-order valence-corrected chi connectivity index (χ1v) is 7.47. The molecule has 0 fully saturated rings. The Balaban J connectivity index is 2.05. The quantitative estimate of drug-likeness (QED) is 0.863. The molecule has 0 saturated heterocycles. The smallest absolute Gasteiger partial charge is 0.329 e. The monoisotopic (exact) mass is 308 g/mol. The summed E-state index contributed by atoms with van der Waals surface area (Å²) in [7, 11) is 0. The Labute approximate surface area is 126 Å². The highest BCUT2D eigenvalue weighted by atomic mass is 32.1. The van der Waals surface area contributed by atoms with Crippen molar-refractivity contribution in [2.75, 3.05) is 18.5 Å². The largest absolute Gasteiger partial charge is 0.480 e. The van der Waals surface area contributed by atoms with Gasteiger partial charge in [-0.3, -0.25) is 4.79 Å². The number of thiophene rings is 1. The Kier molecular flexibility index (Phi) is 4.94. The van der Waals surface area contributed by atoms with Crippen molar-refractivity contribution in [2.24, 2.45) is 5.92 Å². The van der Waals surface area contributed by atoms with Crippen molar-refractivity contribution in [3.8, 4) is 6.07 Å². The highest BCUT2D eigenvalue weighted by molar-refractivity contribution is 7.16. The third kappa shape index (κ3) is 3.80. The van der Waals surface area contributed by atoms with Crippen LogP contribution >= 0.6 is 11.3 Å². The maximum absolute atomic E-state index is 11.7. The minimum atomic E-state index is -1.12. The van der Waals surface area contributed by atoms with Crippen LogP contribution in [-0.4, -0.2) is 30.2 Å². The molecule has 2 N–H and O–H groups in total. The van der Waals surface area contributed by atoms with Crippen LogP contribution in [0.3, 0.4) is 0 Å². The van der Waals surface area contributed by atoms with Crippen molar-refractivity contribution in [3.63, 3.8) is 0 Å². The van der Waals surface area contributed by atoms with Gasteiger partial charge in [0.25, 0.3) is 5.91 Å². The van der Waals surface area contributed by atoms with Gasteiger partial charge >= 0.3 is 5.97 Å². The van der Waals surface area contributed by atoms with E-state index >= 15 is 0 Å². The summed E-state index contributed by atoms with van der Waals surface area (Å²) in [4.78, 5) is 23.2. The third-order valence-corrected chi connectivity index (χ3v) is 4.50. The Bertz CT molecular complexity index is 603. The molecular weight excluding hydrogens is 292 g/mol. The number of nitrogens with zero attached hydrogens (tertiary/aromatic N) is 1. The number of aliphatic carboxylic acids is 1. The number of ether oxygens (including phenoxy) is 1. The molecule has 0 spiro atoms. The van der Waals surface area contributed by atoms with Crippen molar-refractivity contribution in [1.29, 1.82) is 5.26 Å². The number of anilines is 1. The SMILES string of the molecule is CC1CCc2c(sc(NC(=O)COCC(=O)O)c2C#N)C1. The fourth-order valence-corrected chi connectivity index (χ4v) is 3.73. The van der Waals surface area contributed by atoms with Crippen molar-refractivity contribution in [1.82, 2.24) is 0 Å². The van der Waals surface area contributed by atoms with E-state index in [0.29, 0.717) is 16.5 Å². The number of carboxylic acids is 1. The second-order valence-corrected chi connectivity index (χ2v) is 6.21. The van der Waals surface area contributed by atoms with Gasteiger partial charge in [0, 0.05) is 4.88 Å². The molecule has 0 radical (unpaired) electrons. The standard InChI is InChI=1S/C14H16N2O4S/c1-8-2-3-9-10(5-15)14(21-11(9)4-8)16-12(17)6-20-7-13(18)19/h8H,2-4,6-7H2,1H3,(H,16,17)(H,18,19). The molecule has 7 heteroatoms. The summed E-state index contributed by atoms with van der Waals surface area (Å²) in [5, 5.41) is 20.9. The molecule has 1 amide bonds. The van der Waals surface area contributed by atoms with Crippen LogP contribution in [0.2, 0.25) is 0 Å². The zero-order valence-electron chi connectivity index (χ0n) is 11.6. The van der Waals surface area contributed by atoms with E-state index in [4.69, 9.17) is 9.84 Å². The highest BCUT2D eigenvalue weighted by Crippen LogP contribution is 2.39. The van der Waals surface area contributed by atoms with Crippen LogP contribution < -0.4 is 5.32 Å². The predicted octanol–water partition coefficient (Wildman–Crippen LogP) is 1.78. The Morgan fingerprint density at radius 2 is 2.29 bits per heavy atom. The lowest BCUT2D eigenvalue weighted by Crippen LogP contribution is -2.20. The first-order chi connectivity index (χ1) is 10.0. The minimum Gasteiger partial charge on any atom is -0.480 e. The molecule has 1 atom stereocenters. The predicted molar refractivity (Wildman–Crippen MR) is 77.3 cm³/mol.